The molecule has 8 heteroatoms. The van der Waals surface area contributed by atoms with Crippen LogP contribution in [0.15, 0.2) is 54.6 Å². The number of hydrogen-bond donors (Lipinski definition) is 1. The van der Waals surface area contributed by atoms with E-state index in [1.54, 1.807) is 13.2 Å². The van der Waals surface area contributed by atoms with E-state index in [2.05, 4.69) is 10.2 Å². The quantitative estimate of drug-likeness (QED) is 0.348. The molecule has 0 aliphatic carbocycles. The monoisotopic (exact) mass is 483 g/mol. The number of rotatable bonds is 4. The summed E-state index contributed by atoms with van der Waals surface area (Å²) >= 11 is 0. The van der Waals surface area contributed by atoms with Crippen LogP contribution in [0.4, 0.5) is 13.2 Å². The molecular formula is C27H28F3N3O2. The maximum absolute atomic E-state index is 13.2. The summed E-state index contributed by atoms with van der Waals surface area (Å²) in [7, 11) is 1.59. The number of fused-ring (bicyclic) bond motifs is 1. The van der Waals surface area contributed by atoms with E-state index >= 15 is 0 Å². The molecule has 0 aliphatic rings. The third-order valence-corrected chi connectivity index (χ3v) is 6.32. The van der Waals surface area contributed by atoms with Crippen molar-refractivity contribution in [2.75, 3.05) is 7.11 Å². The number of aromatic nitrogens is 3. The Labute approximate surface area is 202 Å². The summed E-state index contributed by atoms with van der Waals surface area (Å²) in [5, 5.41) is 20.1. The van der Waals surface area contributed by atoms with E-state index in [1.807, 2.05) is 65.0 Å². The summed E-state index contributed by atoms with van der Waals surface area (Å²) in [4.78, 5) is 1.32. The minimum Gasteiger partial charge on any atom is -0.508 e. The third kappa shape index (κ3) is 4.57. The van der Waals surface area contributed by atoms with Gasteiger partial charge in [-0.05, 0) is 59.0 Å². The van der Waals surface area contributed by atoms with E-state index in [1.165, 1.54) is 10.9 Å². The first kappa shape index (κ1) is 24.6. The highest BCUT2D eigenvalue weighted by atomic mass is 19.4. The van der Waals surface area contributed by atoms with Gasteiger partial charge in [-0.1, -0.05) is 46.8 Å². The average molecular weight is 484 g/mol. The lowest BCUT2D eigenvalue weighted by molar-refractivity contribution is -0.137. The van der Waals surface area contributed by atoms with Gasteiger partial charge in [0.25, 0.3) is 0 Å². The van der Waals surface area contributed by atoms with Crippen molar-refractivity contribution in [3.05, 3.63) is 76.9 Å². The first-order valence-corrected chi connectivity index (χ1v) is 11.2. The van der Waals surface area contributed by atoms with Gasteiger partial charge in [0, 0.05) is 11.0 Å². The number of halogens is 3. The van der Waals surface area contributed by atoms with Crippen LogP contribution in [0, 0.1) is 0 Å². The molecule has 0 unspecified atom stereocenters. The second-order valence-electron chi connectivity index (χ2n) is 10.2. The number of phenolic OH excluding ortho intramolecular Hbond substituents is 1. The summed E-state index contributed by atoms with van der Waals surface area (Å²) in [6, 6.07) is 14.4. The molecule has 1 N–H and O–H groups in total. The number of nitrogens with zero attached hydrogens (tertiary/aromatic N) is 3. The molecule has 0 bridgehead atoms. The number of benzene rings is 3. The van der Waals surface area contributed by atoms with Crippen LogP contribution < -0.4 is 4.74 Å². The predicted octanol–water partition coefficient (Wildman–Crippen LogP) is 6.78. The normalized spacial score (nSPS) is 12.8. The van der Waals surface area contributed by atoms with Gasteiger partial charge in [-0.3, -0.25) is 0 Å². The Balaban J connectivity index is 1.96. The standard InChI is InChI=1S/C27H28F3N3O2/c1-25(2,3)18-14-22(33-31-20-12-9-17(27(28,29)30)13-21(20)32-33)24(23(34)15-18)26(4,5)16-7-10-19(35-6)11-8-16/h7-15,34H,1-6H3. The van der Waals surface area contributed by atoms with E-state index in [9.17, 15) is 18.3 Å². The first-order valence-electron chi connectivity index (χ1n) is 11.2. The molecule has 0 saturated carbocycles. The maximum Gasteiger partial charge on any atom is 0.416 e. The maximum atomic E-state index is 13.2. The van der Waals surface area contributed by atoms with Crippen LogP contribution >= 0.6 is 0 Å². The van der Waals surface area contributed by atoms with Gasteiger partial charge in [0.05, 0.1) is 18.4 Å². The van der Waals surface area contributed by atoms with Crippen molar-refractivity contribution in [2.45, 2.75) is 51.6 Å². The Bertz CT molecular complexity index is 1380. The Morgan fingerprint density at radius 2 is 1.37 bits per heavy atom. The molecule has 0 radical (unpaired) electrons. The average Bonchev–Trinajstić information content (AvgIpc) is 3.20. The molecular weight excluding hydrogens is 455 g/mol. The molecule has 0 aliphatic heterocycles. The molecule has 1 aromatic heterocycles. The molecule has 3 aromatic carbocycles. The van der Waals surface area contributed by atoms with Crippen LogP contribution in [-0.2, 0) is 17.0 Å². The third-order valence-electron chi connectivity index (χ3n) is 6.32. The van der Waals surface area contributed by atoms with Crippen molar-refractivity contribution in [1.29, 1.82) is 0 Å². The SMILES string of the molecule is COc1ccc(C(C)(C)c2c(O)cc(C(C)(C)C)cc2-n2nc3ccc(C(F)(F)F)cc3n2)cc1. The van der Waals surface area contributed by atoms with E-state index in [0.717, 1.165) is 23.3 Å². The highest BCUT2D eigenvalue weighted by Crippen LogP contribution is 2.43. The molecule has 4 aromatic rings. The first-order chi connectivity index (χ1) is 16.2. The topological polar surface area (TPSA) is 60.2 Å². The van der Waals surface area contributed by atoms with Gasteiger partial charge in [-0.2, -0.15) is 13.2 Å². The van der Waals surface area contributed by atoms with E-state index < -0.39 is 17.2 Å². The Morgan fingerprint density at radius 1 is 0.771 bits per heavy atom. The zero-order valence-corrected chi connectivity index (χ0v) is 20.5. The van der Waals surface area contributed by atoms with Gasteiger partial charge in [0.2, 0.25) is 0 Å². The van der Waals surface area contributed by atoms with Gasteiger partial charge in [0.1, 0.15) is 22.5 Å². The Morgan fingerprint density at radius 3 is 1.94 bits per heavy atom. The van der Waals surface area contributed by atoms with Gasteiger partial charge >= 0.3 is 6.18 Å². The highest BCUT2D eigenvalue weighted by Gasteiger charge is 2.33. The fourth-order valence-corrected chi connectivity index (χ4v) is 4.19. The minimum atomic E-state index is -4.48. The fourth-order valence-electron chi connectivity index (χ4n) is 4.19. The zero-order valence-electron chi connectivity index (χ0n) is 20.5. The number of ether oxygens (including phenoxy) is 1. The largest absolute Gasteiger partial charge is 0.508 e. The molecule has 4 rings (SSSR count). The molecule has 0 amide bonds. The van der Waals surface area contributed by atoms with Crippen LogP contribution in [0.25, 0.3) is 16.7 Å². The fraction of sp³-hybridized carbons (Fsp3) is 0.333. The van der Waals surface area contributed by atoms with E-state index in [0.29, 0.717) is 22.5 Å². The number of aromatic hydroxyl groups is 1. The van der Waals surface area contributed by atoms with Crippen molar-refractivity contribution in [3.8, 4) is 17.2 Å². The number of alkyl halides is 3. The Kier molecular flexibility index (Phi) is 5.82. The summed E-state index contributed by atoms with van der Waals surface area (Å²) < 4.78 is 45.0. The smallest absolute Gasteiger partial charge is 0.416 e. The summed E-state index contributed by atoms with van der Waals surface area (Å²) in [5.74, 6) is 0.767. The second kappa shape index (κ2) is 8.29. The van der Waals surface area contributed by atoms with Crippen molar-refractivity contribution in [3.63, 3.8) is 0 Å². The second-order valence-corrected chi connectivity index (χ2v) is 10.2. The van der Waals surface area contributed by atoms with Crippen LogP contribution in [0.2, 0.25) is 0 Å². The lowest BCUT2D eigenvalue weighted by atomic mass is 9.75. The molecule has 35 heavy (non-hydrogen) atoms. The van der Waals surface area contributed by atoms with E-state index in [-0.39, 0.29) is 16.7 Å². The molecule has 0 fully saturated rings. The van der Waals surface area contributed by atoms with Crippen LogP contribution in [0.1, 0.15) is 56.9 Å². The van der Waals surface area contributed by atoms with E-state index in [4.69, 9.17) is 4.74 Å². The van der Waals surface area contributed by atoms with Crippen molar-refractivity contribution in [1.82, 2.24) is 15.0 Å². The highest BCUT2D eigenvalue weighted by molar-refractivity contribution is 5.75. The van der Waals surface area contributed by atoms with Crippen LogP contribution in [0.3, 0.4) is 0 Å². The lowest BCUT2D eigenvalue weighted by Crippen LogP contribution is -2.23. The van der Waals surface area contributed by atoms with Crippen molar-refractivity contribution >= 4 is 11.0 Å². The number of phenols is 1. The van der Waals surface area contributed by atoms with Crippen LogP contribution in [0.5, 0.6) is 11.5 Å². The summed E-state index contributed by atoms with van der Waals surface area (Å²) in [6.07, 6.45) is -4.48. The molecule has 5 nitrogen and oxygen atoms in total. The molecule has 184 valence electrons. The van der Waals surface area contributed by atoms with Crippen LogP contribution in [-0.4, -0.2) is 27.2 Å². The summed E-state index contributed by atoms with van der Waals surface area (Å²) in [5.41, 5.74) is 1.48. The molecule has 0 atom stereocenters. The molecule has 0 spiro atoms. The van der Waals surface area contributed by atoms with Gasteiger partial charge in [-0.25, -0.2) is 0 Å². The van der Waals surface area contributed by atoms with Crippen molar-refractivity contribution in [2.24, 2.45) is 0 Å². The molecule has 1 heterocycles. The number of methoxy groups -OCH3 is 1. The predicted molar refractivity (Wildman–Crippen MR) is 129 cm³/mol. The van der Waals surface area contributed by atoms with Gasteiger partial charge in [-0.15, -0.1) is 15.0 Å². The lowest BCUT2D eigenvalue weighted by Gasteiger charge is -2.31. The zero-order chi connectivity index (χ0) is 25.8. The van der Waals surface area contributed by atoms with Crippen molar-refractivity contribution < 1.29 is 23.0 Å². The summed E-state index contributed by atoms with van der Waals surface area (Å²) in [6.45, 7) is 9.98. The Hall–Kier alpha value is -3.55. The van der Waals surface area contributed by atoms with Gasteiger partial charge in [0.15, 0.2) is 0 Å². The van der Waals surface area contributed by atoms with Gasteiger partial charge < -0.3 is 9.84 Å². The molecule has 0 saturated heterocycles. The minimum absolute atomic E-state index is 0.0607. The number of hydrogen-bond acceptors (Lipinski definition) is 4.